The summed E-state index contributed by atoms with van der Waals surface area (Å²) in [4.78, 5) is 17.7. The Morgan fingerprint density at radius 2 is 1.94 bits per heavy atom. The molecule has 202 valence electrons. The Balaban J connectivity index is 0.00000228. The topological polar surface area (TPSA) is 53.4 Å². The highest BCUT2D eigenvalue weighted by atomic mass is 35.5. The van der Waals surface area contributed by atoms with Crippen LogP contribution in [0.5, 0.6) is 0 Å². The van der Waals surface area contributed by atoms with Gasteiger partial charge in [0.05, 0.1) is 17.9 Å². The van der Waals surface area contributed by atoms with Crippen molar-refractivity contribution in [1.29, 1.82) is 0 Å². The highest BCUT2D eigenvalue weighted by molar-refractivity contribution is 5.85. The van der Waals surface area contributed by atoms with Gasteiger partial charge in [-0.3, -0.25) is 14.4 Å². The number of carbonyl (C=O) groups is 1. The van der Waals surface area contributed by atoms with Gasteiger partial charge in [-0.15, -0.1) is 24.8 Å². The molecule has 8 heteroatoms. The maximum atomic E-state index is 13.0. The Morgan fingerprint density at radius 3 is 2.67 bits per heavy atom. The molecule has 0 aliphatic carbocycles. The molecule has 2 fully saturated rings. The van der Waals surface area contributed by atoms with Gasteiger partial charge in [0, 0.05) is 45.2 Å². The van der Waals surface area contributed by atoms with E-state index < -0.39 is 0 Å². The molecule has 2 saturated heterocycles. The van der Waals surface area contributed by atoms with Crippen LogP contribution in [0, 0.1) is 18.8 Å². The van der Waals surface area contributed by atoms with Crippen molar-refractivity contribution in [1.82, 2.24) is 24.9 Å². The summed E-state index contributed by atoms with van der Waals surface area (Å²) in [6.45, 7) is 13.1. The molecule has 0 radical (unpaired) electrons. The molecule has 1 aromatic carbocycles. The summed E-state index contributed by atoms with van der Waals surface area (Å²) in [5, 5.41) is 8.42. The van der Waals surface area contributed by atoms with Gasteiger partial charge < -0.3 is 10.2 Å². The summed E-state index contributed by atoms with van der Waals surface area (Å²) >= 11 is 0. The van der Waals surface area contributed by atoms with Crippen LogP contribution in [0.4, 0.5) is 0 Å². The van der Waals surface area contributed by atoms with Crippen molar-refractivity contribution in [3.8, 4) is 0 Å². The fourth-order valence-corrected chi connectivity index (χ4v) is 5.92. The number of aryl methyl sites for hydroxylation is 2. The van der Waals surface area contributed by atoms with E-state index in [9.17, 15) is 4.79 Å². The van der Waals surface area contributed by atoms with E-state index in [-0.39, 0.29) is 30.7 Å². The van der Waals surface area contributed by atoms with E-state index in [4.69, 9.17) is 0 Å². The Hall–Kier alpha value is -1.60. The lowest BCUT2D eigenvalue weighted by Gasteiger charge is -2.46. The minimum Gasteiger partial charge on any atom is -0.337 e. The molecule has 1 N–H and O–H groups in total. The molecule has 2 aromatic rings. The van der Waals surface area contributed by atoms with Crippen LogP contribution in [0.2, 0.25) is 0 Å². The Labute approximate surface area is 230 Å². The van der Waals surface area contributed by atoms with Crippen LogP contribution in [-0.2, 0) is 24.4 Å². The van der Waals surface area contributed by atoms with E-state index in [1.807, 2.05) is 11.8 Å². The molecule has 2 aliphatic heterocycles. The van der Waals surface area contributed by atoms with Gasteiger partial charge in [-0.1, -0.05) is 37.3 Å². The number of hydrogen-bond acceptors (Lipinski definition) is 4. The number of likely N-dealkylation sites (tertiary alicyclic amines) is 1. The predicted molar refractivity (Wildman–Crippen MR) is 152 cm³/mol. The minimum atomic E-state index is 0. The van der Waals surface area contributed by atoms with Crippen molar-refractivity contribution in [2.45, 2.75) is 78.6 Å². The zero-order chi connectivity index (χ0) is 23.9. The van der Waals surface area contributed by atoms with Gasteiger partial charge in [-0.05, 0) is 69.5 Å². The average Bonchev–Trinajstić information content (AvgIpc) is 3.18. The maximum absolute atomic E-state index is 13.0. The monoisotopic (exact) mass is 537 g/mol. The molecule has 4 rings (SSSR count). The molecule has 2 bridgehead atoms. The lowest BCUT2D eigenvalue weighted by atomic mass is 9.79. The number of nitrogens with zero attached hydrogens (tertiary/aromatic N) is 4. The number of benzene rings is 1. The van der Waals surface area contributed by atoms with Crippen LogP contribution in [0.25, 0.3) is 0 Å². The summed E-state index contributed by atoms with van der Waals surface area (Å²) in [5.74, 6) is 1.72. The summed E-state index contributed by atoms with van der Waals surface area (Å²) in [6, 6.07) is 13.5. The highest BCUT2D eigenvalue weighted by Gasteiger charge is 2.36. The van der Waals surface area contributed by atoms with Crippen LogP contribution < -0.4 is 5.32 Å². The first kappa shape index (κ1) is 30.6. The third-order valence-electron chi connectivity index (χ3n) is 7.55. The Kier molecular flexibility index (Phi) is 12.7. The van der Waals surface area contributed by atoms with E-state index in [2.05, 4.69) is 70.2 Å². The standard InChI is InChI=1S/C28H43N5O.2ClH/c1-4-14-33-26(15-22(3)30-33)21-32(5-2)28(34)13-9-12-27-25-16-24(17-29-27)19-31(20-25)18-23-10-7-6-8-11-23;;/h6-8,10-11,15,24-25,27,29H,4-5,9,12-14,16-21H2,1-3H3;2*1H/t24-,25+,27+;;/m0../s1. The van der Waals surface area contributed by atoms with Crippen LogP contribution >= 0.6 is 24.8 Å². The molecular formula is C28H45Cl2N5O. The Bertz CT molecular complexity index is 922. The van der Waals surface area contributed by atoms with Crippen molar-refractivity contribution < 1.29 is 4.79 Å². The molecule has 0 unspecified atom stereocenters. The highest BCUT2D eigenvalue weighted by Crippen LogP contribution is 2.31. The van der Waals surface area contributed by atoms with E-state index >= 15 is 0 Å². The second kappa shape index (κ2) is 15.0. The zero-order valence-corrected chi connectivity index (χ0v) is 23.8. The lowest BCUT2D eigenvalue weighted by molar-refractivity contribution is -0.131. The van der Waals surface area contributed by atoms with Gasteiger partial charge >= 0.3 is 0 Å². The van der Waals surface area contributed by atoms with Gasteiger partial charge in [-0.25, -0.2) is 0 Å². The van der Waals surface area contributed by atoms with Crippen LogP contribution in [0.15, 0.2) is 36.4 Å². The predicted octanol–water partition coefficient (Wildman–Crippen LogP) is 5.07. The van der Waals surface area contributed by atoms with Gasteiger partial charge in [-0.2, -0.15) is 5.10 Å². The normalized spacial score (nSPS) is 21.4. The van der Waals surface area contributed by atoms with Gasteiger partial charge in [0.25, 0.3) is 0 Å². The number of nitrogens with one attached hydrogen (secondary N) is 1. The quantitative estimate of drug-likeness (QED) is 0.434. The van der Waals surface area contributed by atoms with Crippen molar-refractivity contribution in [3.05, 3.63) is 53.3 Å². The molecule has 0 saturated carbocycles. The first-order valence-corrected chi connectivity index (χ1v) is 13.4. The first-order chi connectivity index (χ1) is 16.6. The average molecular weight is 539 g/mol. The number of aromatic nitrogens is 2. The molecule has 3 heterocycles. The summed E-state index contributed by atoms with van der Waals surface area (Å²) in [6.07, 6.45) is 5.07. The molecule has 1 aromatic heterocycles. The number of halogens is 2. The van der Waals surface area contributed by atoms with Crippen molar-refractivity contribution in [2.24, 2.45) is 11.8 Å². The molecule has 36 heavy (non-hydrogen) atoms. The molecule has 6 nitrogen and oxygen atoms in total. The van der Waals surface area contributed by atoms with Crippen LogP contribution in [0.3, 0.4) is 0 Å². The smallest absolute Gasteiger partial charge is 0.222 e. The largest absolute Gasteiger partial charge is 0.337 e. The third-order valence-corrected chi connectivity index (χ3v) is 7.55. The molecular weight excluding hydrogens is 493 g/mol. The minimum absolute atomic E-state index is 0. The second-order valence-electron chi connectivity index (χ2n) is 10.4. The number of hydrogen-bond donors (Lipinski definition) is 1. The summed E-state index contributed by atoms with van der Waals surface area (Å²) < 4.78 is 2.07. The molecule has 0 spiro atoms. The molecule has 2 aliphatic rings. The maximum Gasteiger partial charge on any atom is 0.222 e. The summed E-state index contributed by atoms with van der Waals surface area (Å²) in [7, 11) is 0. The Morgan fingerprint density at radius 1 is 1.17 bits per heavy atom. The van der Waals surface area contributed by atoms with Crippen molar-refractivity contribution >= 4 is 30.7 Å². The number of rotatable bonds is 11. The number of piperidine rings is 2. The van der Waals surface area contributed by atoms with Crippen LogP contribution in [-0.4, -0.2) is 57.7 Å². The fraction of sp³-hybridized carbons (Fsp3) is 0.643. The SMILES string of the molecule is CCCn1nc(C)cc1CN(CC)C(=O)CCC[C@H]1NC[C@@H]2C[C@@H]1CN(Cc1ccccc1)C2.Cl.Cl. The van der Waals surface area contributed by atoms with E-state index in [0.717, 1.165) is 62.7 Å². The van der Waals surface area contributed by atoms with E-state index in [1.54, 1.807) is 0 Å². The number of fused-ring (bicyclic) bond motifs is 2. The second-order valence-corrected chi connectivity index (χ2v) is 10.4. The number of carbonyl (C=O) groups excluding carboxylic acids is 1. The van der Waals surface area contributed by atoms with E-state index in [1.165, 1.54) is 25.1 Å². The van der Waals surface area contributed by atoms with Gasteiger partial charge in [0.15, 0.2) is 0 Å². The van der Waals surface area contributed by atoms with Gasteiger partial charge in [0.2, 0.25) is 5.91 Å². The first-order valence-electron chi connectivity index (χ1n) is 13.4. The molecule has 3 atom stereocenters. The summed E-state index contributed by atoms with van der Waals surface area (Å²) in [5.41, 5.74) is 3.59. The van der Waals surface area contributed by atoms with Crippen LogP contribution in [0.1, 0.15) is 62.9 Å². The fourth-order valence-electron chi connectivity index (χ4n) is 5.92. The van der Waals surface area contributed by atoms with Gasteiger partial charge in [0.1, 0.15) is 0 Å². The van der Waals surface area contributed by atoms with Crippen molar-refractivity contribution in [3.63, 3.8) is 0 Å². The molecule has 1 amide bonds. The van der Waals surface area contributed by atoms with Crippen molar-refractivity contribution in [2.75, 3.05) is 26.2 Å². The number of amides is 1. The van der Waals surface area contributed by atoms with E-state index in [0.29, 0.717) is 24.9 Å². The zero-order valence-electron chi connectivity index (χ0n) is 22.2. The lowest BCUT2D eigenvalue weighted by Crippen LogP contribution is -2.55. The third kappa shape index (κ3) is 8.20.